The van der Waals surface area contributed by atoms with Gasteiger partial charge in [0.15, 0.2) is 0 Å². The van der Waals surface area contributed by atoms with Gasteiger partial charge in [-0.1, -0.05) is 0 Å². The summed E-state index contributed by atoms with van der Waals surface area (Å²) in [5, 5.41) is -0.441. The van der Waals surface area contributed by atoms with Gasteiger partial charge in [-0.05, 0) is 30.0 Å². The molecule has 0 aliphatic carbocycles. The normalized spacial score (nSPS) is 17.6. The third kappa shape index (κ3) is 2.82. The van der Waals surface area contributed by atoms with E-state index in [0.717, 1.165) is 17.0 Å². The summed E-state index contributed by atoms with van der Waals surface area (Å²) in [6.45, 7) is 0.282. The fourth-order valence-electron chi connectivity index (χ4n) is 1.58. The molecule has 1 heterocycles. The first-order chi connectivity index (χ1) is 9.02. The number of hydrogen-bond donors (Lipinski definition) is 1. The lowest BCUT2D eigenvalue weighted by molar-refractivity contribution is -0.122. The number of halogens is 2. The molecule has 0 saturated carbocycles. The molecule has 7 heteroatoms. The molecule has 0 bridgehead atoms. The number of imide groups is 1. The van der Waals surface area contributed by atoms with Gasteiger partial charge in [-0.15, -0.1) is 0 Å². The van der Waals surface area contributed by atoms with Crippen molar-refractivity contribution in [3.8, 4) is 0 Å². The van der Waals surface area contributed by atoms with Crippen LogP contribution in [0, 0.1) is 11.6 Å². The van der Waals surface area contributed by atoms with Gasteiger partial charge in [-0.25, -0.2) is 8.78 Å². The van der Waals surface area contributed by atoms with Crippen molar-refractivity contribution in [1.82, 2.24) is 4.90 Å². The molecule has 1 aliphatic heterocycles. The van der Waals surface area contributed by atoms with Gasteiger partial charge in [0, 0.05) is 24.7 Å². The van der Waals surface area contributed by atoms with E-state index in [4.69, 9.17) is 5.73 Å². The highest BCUT2D eigenvalue weighted by molar-refractivity contribution is 8.18. The maximum atomic E-state index is 13.4. The van der Waals surface area contributed by atoms with E-state index in [1.165, 1.54) is 12.1 Å². The lowest BCUT2D eigenvalue weighted by Gasteiger charge is -2.09. The van der Waals surface area contributed by atoms with E-state index in [9.17, 15) is 18.4 Å². The maximum absolute atomic E-state index is 13.4. The number of rotatable bonds is 3. The summed E-state index contributed by atoms with van der Waals surface area (Å²) >= 11 is 0.712. The van der Waals surface area contributed by atoms with E-state index < -0.39 is 22.8 Å². The maximum Gasteiger partial charge on any atom is 0.293 e. The largest absolute Gasteiger partial charge is 0.329 e. The Morgan fingerprint density at radius 3 is 2.68 bits per heavy atom. The lowest BCUT2D eigenvalue weighted by Crippen LogP contribution is -2.33. The SMILES string of the molecule is NCCN1C(=O)S/C(=C\c2ccc(F)cc2F)C1=O. The van der Waals surface area contributed by atoms with Gasteiger partial charge in [-0.2, -0.15) is 0 Å². The summed E-state index contributed by atoms with van der Waals surface area (Å²) in [4.78, 5) is 24.5. The van der Waals surface area contributed by atoms with Crippen LogP contribution in [0.15, 0.2) is 23.1 Å². The van der Waals surface area contributed by atoms with Crippen molar-refractivity contribution in [3.05, 3.63) is 40.3 Å². The fraction of sp³-hybridized carbons (Fsp3) is 0.167. The second-order valence-electron chi connectivity index (χ2n) is 3.79. The van der Waals surface area contributed by atoms with Crippen molar-refractivity contribution in [2.24, 2.45) is 5.73 Å². The second kappa shape index (κ2) is 5.50. The standard InChI is InChI=1S/C12H10F2N2O2S/c13-8-2-1-7(9(14)6-8)5-10-11(17)16(4-3-15)12(18)19-10/h1-2,5-6H,3-4,15H2/b10-5-. The number of benzene rings is 1. The molecule has 1 aromatic carbocycles. The predicted molar refractivity (Wildman–Crippen MR) is 68.1 cm³/mol. The monoisotopic (exact) mass is 284 g/mol. The van der Waals surface area contributed by atoms with Crippen LogP contribution in [0.2, 0.25) is 0 Å². The first-order valence-electron chi connectivity index (χ1n) is 5.43. The molecule has 0 atom stereocenters. The van der Waals surface area contributed by atoms with E-state index in [2.05, 4.69) is 0 Å². The molecule has 1 aliphatic rings. The molecule has 0 spiro atoms. The Labute approximate surface area is 112 Å². The average molecular weight is 284 g/mol. The Morgan fingerprint density at radius 1 is 1.32 bits per heavy atom. The minimum atomic E-state index is -0.786. The van der Waals surface area contributed by atoms with Gasteiger partial charge in [0.25, 0.3) is 11.1 Å². The highest BCUT2D eigenvalue weighted by Gasteiger charge is 2.34. The van der Waals surface area contributed by atoms with Gasteiger partial charge in [0.2, 0.25) is 0 Å². The van der Waals surface area contributed by atoms with Crippen molar-refractivity contribution in [1.29, 1.82) is 0 Å². The Balaban J connectivity index is 2.30. The minimum Gasteiger partial charge on any atom is -0.329 e. The third-order valence-corrected chi connectivity index (χ3v) is 3.38. The van der Waals surface area contributed by atoms with Gasteiger partial charge in [0.1, 0.15) is 11.6 Å². The predicted octanol–water partition coefficient (Wildman–Crippen LogP) is 1.96. The van der Waals surface area contributed by atoms with Crippen LogP contribution in [0.25, 0.3) is 6.08 Å². The molecule has 0 aromatic heterocycles. The number of carbonyl (C=O) groups excluding carboxylic acids is 2. The van der Waals surface area contributed by atoms with E-state index in [1.54, 1.807) is 0 Å². The molecule has 1 saturated heterocycles. The van der Waals surface area contributed by atoms with Crippen molar-refractivity contribution in [2.75, 3.05) is 13.1 Å². The van der Waals surface area contributed by atoms with E-state index in [0.29, 0.717) is 11.8 Å². The highest BCUT2D eigenvalue weighted by Crippen LogP contribution is 2.32. The quantitative estimate of drug-likeness (QED) is 0.862. The number of carbonyl (C=O) groups is 2. The number of nitrogens with two attached hydrogens (primary N) is 1. The fourth-order valence-corrected chi connectivity index (χ4v) is 2.44. The molecule has 4 nitrogen and oxygen atoms in total. The molecule has 2 N–H and O–H groups in total. The molecule has 0 unspecified atom stereocenters. The molecular weight excluding hydrogens is 274 g/mol. The van der Waals surface area contributed by atoms with Crippen molar-refractivity contribution >= 4 is 29.0 Å². The van der Waals surface area contributed by atoms with E-state index in [-0.39, 0.29) is 23.6 Å². The van der Waals surface area contributed by atoms with Gasteiger partial charge in [0.05, 0.1) is 4.91 Å². The smallest absolute Gasteiger partial charge is 0.293 e. The molecule has 19 heavy (non-hydrogen) atoms. The molecule has 0 radical (unpaired) electrons. The molecular formula is C12H10F2N2O2S. The third-order valence-electron chi connectivity index (χ3n) is 2.48. The van der Waals surface area contributed by atoms with Crippen LogP contribution in [-0.4, -0.2) is 29.1 Å². The minimum absolute atomic E-state index is 0.0552. The zero-order chi connectivity index (χ0) is 14.0. The molecule has 1 aromatic rings. The lowest BCUT2D eigenvalue weighted by atomic mass is 10.2. The van der Waals surface area contributed by atoms with Gasteiger partial charge < -0.3 is 5.73 Å². The Kier molecular flexibility index (Phi) is 3.96. The number of nitrogens with zero attached hydrogens (tertiary/aromatic N) is 1. The van der Waals surface area contributed by atoms with E-state index in [1.807, 2.05) is 0 Å². The Bertz CT molecular complexity index is 575. The summed E-state index contributed by atoms with van der Waals surface area (Å²) in [5.74, 6) is -2.00. The average Bonchev–Trinajstić information content (AvgIpc) is 2.61. The van der Waals surface area contributed by atoms with Crippen LogP contribution in [0.5, 0.6) is 0 Å². The number of hydrogen-bond acceptors (Lipinski definition) is 4. The van der Waals surface area contributed by atoms with Crippen LogP contribution in [0.3, 0.4) is 0 Å². The molecule has 1 fully saturated rings. The Morgan fingerprint density at radius 2 is 2.05 bits per heavy atom. The number of thioether (sulfide) groups is 1. The van der Waals surface area contributed by atoms with Crippen molar-refractivity contribution < 1.29 is 18.4 Å². The Hall–Kier alpha value is -1.73. The first kappa shape index (κ1) is 13.7. The van der Waals surface area contributed by atoms with Crippen molar-refractivity contribution in [2.45, 2.75) is 0 Å². The summed E-state index contributed by atoms with van der Waals surface area (Å²) in [5.41, 5.74) is 5.35. The highest BCUT2D eigenvalue weighted by atomic mass is 32.2. The summed E-state index contributed by atoms with van der Waals surface area (Å²) in [6, 6.07) is 3.01. The second-order valence-corrected chi connectivity index (χ2v) is 4.78. The van der Waals surface area contributed by atoms with Crippen LogP contribution in [-0.2, 0) is 4.79 Å². The topological polar surface area (TPSA) is 63.4 Å². The van der Waals surface area contributed by atoms with Crippen molar-refractivity contribution in [3.63, 3.8) is 0 Å². The van der Waals surface area contributed by atoms with Gasteiger partial charge in [-0.3, -0.25) is 14.5 Å². The zero-order valence-corrected chi connectivity index (χ0v) is 10.5. The molecule has 2 rings (SSSR count). The van der Waals surface area contributed by atoms with Crippen LogP contribution in [0.4, 0.5) is 13.6 Å². The van der Waals surface area contributed by atoms with Crippen LogP contribution in [0.1, 0.15) is 5.56 Å². The van der Waals surface area contributed by atoms with E-state index >= 15 is 0 Å². The van der Waals surface area contributed by atoms with Gasteiger partial charge >= 0.3 is 0 Å². The van der Waals surface area contributed by atoms with Crippen LogP contribution >= 0.6 is 11.8 Å². The zero-order valence-electron chi connectivity index (χ0n) is 9.73. The molecule has 2 amide bonds. The summed E-state index contributed by atoms with van der Waals surface area (Å²) < 4.78 is 26.2. The van der Waals surface area contributed by atoms with Crippen LogP contribution < -0.4 is 5.73 Å². The molecule has 100 valence electrons. The summed E-state index contributed by atoms with van der Waals surface area (Å²) in [6.07, 6.45) is 1.23. The first-order valence-corrected chi connectivity index (χ1v) is 6.25. The summed E-state index contributed by atoms with van der Waals surface area (Å²) in [7, 11) is 0. The number of amides is 2.